The SMILES string of the molecule is C[C@H]1CN(C)CCN1c1cc(OC2CCN(C(=O)OC(C)(C)C)CC2)nc(C(=O)C#CC2(C)CCCc3sc(/N=C/N(C)C)c(C#N)c32)n1. The summed E-state index contributed by atoms with van der Waals surface area (Å²) < 4.78 is 11.9. The fourth-order valence-electron chi connectivity index (χ4n) is 6.55. The van der Waals surface area contributed by atoms with Gasteiger partial charge in [0.25, 0.3) is 5.78 Å². The van der Waals surface area contributed by atoms with E-state index >= 15 is 0 Å². The minimum absolute atomic E-state index is 0.0148. The van der Waals surface area contributed by atoms with Crippen molar-refractivity contribution >= 4 is 40.4 Å². The van der Waals surface area contributed by atoms with Gasteiger partial charge in [0.15, 0.2) is 0 Å². The molecule has 0 aromatic carbocycles. The number of aryl methyl sites for hydroxylation is 1. The molecule has 2 fully saturated rings. The number of carbonyl (C=O) groups excluding carboxylic acids is 2. The second kappa shape index (κ2) is 14.7. The molecule has 12 nitrogen and oxygen atoms in total. The highest BCUT2D eigenvalue weighted by atomic mass is 32.1. The highest BCUT2D eigenvalue weighted by molar-refractivity contribution is 7.16. The molecular weight excluding hydrogens is 641 g/mol. The third kappa shape index (κ3) is 8.70. The van der Waals surface area contributed by atoms with Crippen molar-refractivity contribution in [3.8, 4) is 23.8 Å². The van der Waals surface area contributed by atoms with Crippen LogP contribution >= 0.6 is 11.3 Å². The molecule has 2 aliphatic heterocycles. The summed E-state index contributed by atoms with van der Waals surface area (Å²) in [4.78, 5) is 49.3. The lowest BCUT2D eigenvalue weighted by atomic mass is 9.73. The number of aromatic nitrogens is 2. The predicted octanol–water partition coefficient (Wildman–Crippen LogP) is 5.03. The van der Waals surface area contributed by atoms with E-state index in [1.54, 1.807) is 17.3 Å². The number of hydrogen-bond donors (Lipinski definition) is 0. The van der Waals surface area contributed by atoms with Crippen LogP contribution in [0.4, 0.5) is 15.6 Å². The number of nitrogens with zero attached hydrogens (tertiary/aromatic N) is 8. The van der Waals surface area contributed by atoms with Gasteiger partial charge in [0.1, 0.15) is 28.6 Å². The second-order valence-corrected chi connectivity index (χ2v) is 15.7. The molecular formula is C36H48N8O4S. The van der Waals surface area contributed by atoms with Crippen molar-refractivity contribution in [3.63, 3.8) is 0 Å². The maximum Gasteiger partial charge on any atom is 0.410 e. The number of Topliss-reactive ketones (excluding diaryl/α,β-unsaturated/α-hetero) is 1. The first-order valence-electron chi connectivity index (χ1n) is 17.0. The molecule has 13 heteroatoms. The molecule has 49 heavy (non-hydrogen) atoms. The summed E-state index contributed by atoms with van der Waals surface area (Å²) in [5.74, 6) is 6.55. The van der Waals surface area contributed by atoms with Crippen molar-refractivity contribution in [3.05, 3.63) is 27.9 Å². The van der Waals surface area contributed by atoms with Crippen molar-refractivity contribution in [1.29, 1.82) is 5.26 Å². The average Bonchev–Trinajstić information content (AvgIpc) is 3.41. The monoisotopic (exact) mass is 688 g/mol. The minimum atomic E-state index is -0.693. The van der Waals surface area contributed by atoms with E-state index in [0.717, 1.165) is 49.3 Å². The molecule has 0 N–H and O–H groups in total. The molecule has 0 radical (unpaired) electrons. The van der Waals surface area contributed by atoms with Crippen LogP contribution in [0.5, 0.6) is 5.88 Å². The molecule has 0 bridgehead atoms. The number of likely N-dealkylation sites (N-methyl/N-ethyl adjacent to an activating group) is 1. The fraction of sp³-hybridized carbons (Fsp3) is 0.611. The van der Waals surface area contributed by atoms with Crippen LogP contribution in [-0.2, 0) is 16.6 Å². The molecule has 1 aliphatic carbocycles. The second-order valence-electron chi connectivity index (χ2n) is 14.6. The van der Waals surface area contributed by atoms with E-state index in [0.29, 0.717) is 48.2 Å². The summed E-state index contributed by atoms with van der Waals surface area (Å²) in [5.41, 5.74) is 0.148. The molecule has 0 spiro atoms. The molecule has 1 amide bonds. The van der Waals surface area contributed by atoms with E-state index in [-0.39, 0.29) is 24.1 Å². The van der Waals surface area contributed by atoms with Crippen molar-refractivity contribution < 1.29 is 19.1 Å². The highest BCUT2D eigenvalue weighted by Crippen LogP contribution is 2.47. The largest absolute Gasteiger partial charge is 0.474 e. The van der Waals surface area contributed by atoms with Crippen LogP contribution in [0.1, 0.15) is 86.9 Å². The Morgan fingerprint density at radius 3 is 2.57 bits per heavy atom. The normalized spacial score (nSPS) is 21.8. The van der Waals surface area contributed by atoms with Gasteiger partial charge in [0, 0.05) is 82.2 Å². The lowest BCUT2D eigenvalue weighted by molar-refractivity contribution is 0.0122. The summed E-state index contributed by atoms with van der Waals surface area (Å²) in [6.07, 6.45) is 4.86. The van der Waals surface area contributed by atoms with Crippen LogP contribution in [0.2, 0.25) is 0 Å². The lowest BCUT2D eigenvalue weighted by Crippen LogP contribution is -2.51. The zero-order chi connectivity index (χ0) is 35.5. The van der Waals surface area contributed by atoms with Gasteiger partial charge in [-0.1, -0.05) is 5.92 Å². The molecule has 2 aromatic rings. The number of aliphatic imine (C=N–C) groups is 1. The Balaban J connectivity index is 1.41. The number of carbonyl (C=O) groups is 2. The Morgan fingerprint density at radius 1 is 1.18 bits per heavy atom. The van der Waals surface area contributed by atoms with Crippen LogP contribution in [0.3, 0.4) is 0 Å². The number of thiophene rings is 1. The lowest BCUT2D eigenvalue weighted by Gasteiger charge is -2.39. The number of anilines is 1. The number of ether oxygens (including phenoxy) is 2. The maximum absolute atomic E-state index is 13.8. The van der Waals surface area contributed by atoms with Gasteiger partial charge < -0.3 is 29.1 Å². The summed E-state index contributed by atoms with van der Waals surface area (Å²) in [5, 5.41) is 10.8. The number of fused-ring (bicyclic) bond motifs is 1. The average molecular weight is 689 g/mol. The molecule has 3 aliphatic rings. The molecule has 262 valence electrons. The van der Waals surface area contributed by atoms with E-state index in [4.69, 9.17) is 14.5 Å². The van der Waals surface area contributed by atoms with Crippen molar-refractivity contribution in [2.45, 2.75) is 89.9 Å². The van der Waals surface area contributed by atoms with Gasteiger partial charge in [0.2, 0.25) is 11.7 Å². The first kappa shape index (κ1) is 36.1. The van der Waals surface area contributed by atoms with Crippen molar-refractivity contribution in [1.82, 2.24) is 24.7 Å². The Hall–Kier alpha value is -4.20. The van der Waals surface area contributed by atoms with Crippen LogP contribution in [0.15, 0.2) is 11.1 Å². The third-order valence-electron chi connectivity index (χ3n) is 8.96. The summed E-state index contributed by atoms with van der Waals surface area (Å²) >= 11 is 1.52. The molecule has 0 saturated carbocycles. The van der Waals surface area contributed by atoms with Crippen LogP contribution in [0, 0.1) is 23.2 Å². The minimum Gasteiger partial charge on any atom is -0.474 e. The molecule has 2 aromatic heterocycles. The van der Waals surface area contributed by atoms with Gasteiger partial charge in [-0.2, -0.15) is 10.2 Å². The fourth-order valence-corrected chi connectivity index (χ4v) is 7.80. The predicted molar refractivity (Wildman–Crippen MR) is 191 cm³/mol. The maximum atomic E-state index is 13.8. The molecule has 2 atom stereocenters. The van der Waals surface area contributed by atoms with E-state index in [9.17, 15) is 14.9 Å². The number of amides is 1. The quantitative estimate of drug-likeness (QED) is 0.134. The number of piperazine rings is 1. The zero-order valence-electron chi connectivity index (χ0n) is 30.0. The number of nitriles is 1. The van der Waals surface area contributed by atoms with E-state index in [1.807, 2.05) is 46.7 Å². The molecule has 4 heterocycles. The highest BCUT2D eigenvalue weighted by Gasteiger charge is 2.37. The third-order valence-corrected chi connectivity index (χ3v) is 10.1. The van der Waals surface area contributed by atoms with Crippen LogP contribution in [-0.4, -0.2) is 114 Å². The van der Waals surface area contributed by atoms with E-state index in [1.165, 1.54) is 11.3 Å². The zero-order valence-corrected chi connectivity index (χ0v) is 30.8. The van der Waals surface area contributed by atoms with Gasteiger partial charge in [0.05, 0.1) is 17.3 Å². The summed E-state index contributed by atoms with van der Waals surface area (Å²) in [7, 11) is 5.87. The van der Waals surface area contributed by atoms with Gasteiger partial charge in [-0.05, 0) is 66.8 Å². The molecule has 2 saturated heterocycles. The summed E-state index contributed by atoms with van der Waals surface area (Å²) in [6, 6.07) is 4.34. The van der Waals surface area contributed by atoms with Gasteiger partial charge in [-0.3, -0.25) is 4.79 Å². The summed E-state index contributed by atoms with van der Waals surface area (Å²) in [6.45, 7) is 13.2. The van der Waals surface area contributed by atoms with Crippen LogP contribution in [0.25, 0.3) is 0 Å². The Morgan fingerprint density at radius 2 is 1.92 bits per heavy atom. The molecule has 5 rings (SSSR count). The van der Waals surface area contributed by atoms with E-state index in [2.05, 4.69) is 51.7 Å². The molecule has 1 unspecified atom stereocenters. The van der Waals surface area contributed by atoms with Gasteiger partial charge in [-0.15, -0.1) is 11.3 Å². The van der Waals surface area contributed by atoms with E-state index < -0.39 is 16.8 Å². The number of piperidine rings is 1. The van der Waals surface area contributed by atoms with Gasteiger partial charge in [-0.25, -0.2) is 14.8 Å². The number of hydrogen-bond acceptors (Lipinski definition) is 11. The first-order valence-corrected chi connectivity index (χ1v) is 17.8. The standard InChI is InChI=1S/C36H48N8O4S/c1-24-22-42(8)18-19-44(24)29-20-30(47-25-12-16-43(17-13-25)34(46)48-35(2,3)4)40-32(39-29)27(45)11-15-36(5)14-9-10-28-31(36)26(21-37)33(49-28)38-23-41(6)7/h20,23-25H,9-10,12-14,16-19,22H2,1-8H3/b38-23+/t24-,36?/m0/s1. The number of rotatable bonds is 6. The number of ketones is 1. The smallest absolute Gasteiger partial charge is 0.410 e. The van der Waals surface area contributed by atoms with Gasteiger partial charge >= 0.3 is 6.09 Å². The number of likely N-dealkylation sites (tertiary alicyclic amines) is 1. The first-order chi connectivity index (χ1) is 23.2. The Kier molecular flexibility index (Phi) is 10.9. The topological polar surface area (TPSA) is 127 Å². The Labute approximate surface area is 294 Å². The van der Waals surface area contributed by atoms with Crippen molar-refractivity contribution in [2.75, 3.05) is 58.8 Å². The Bertz CT molecular complexity index is 1690. The van der Waals surface area contributed by atoms with Crippen LogP contribution < -0.4 is 9.64 Å². The van der Waals surface area contributed by atoms with Crippen molar-refractivity contribution in [2.24, 2.45) is 4.99 Å².